The molecule has 4 fully saturated rings. The Morgan fingerprint density at radius 2 is 0.722 bits per heavy atom. The number of pyridine rings is 2. The molecule has 0 saturated carbocycles. The van der Waals surface area contributed by atoms with E-state index in [-0.39, 0.29) is 40.1 Å². The van der Waals surface area contributed by atoms with E-state index in [9.17, 15) is 32.3 Å². The average molecular weight is 1720 g/mol. The highest BCUT2D eigenvalue weighted by Crippen LogP contribution is 2.39. The van der Waals surface area contributed by atoms with Gasteiger partial charge in [-0.1, -0.05) is 92.6 Å². The first kappa shape index (κ1) is 90.3. The second-order valence-corrected chi connectivity index (χ2v) is 34.2. The highest BCUT2D eigenvalue weighted by molar-refractivity contribution is 7.13. The zero-order chi connectivity index (χ0) is 89.1. The third-order valence-electron chi connectivity index (χ3n) is 22.8. The normalized spacial score (nSPS) is 14.2. The number of rotatable bonds is 19. The second kappa shape index (κ2) is 41.8. The summed E-state index contributed by atoms with van der Waals surface area (Å²) < 4.78 is 41.7. The minimum atomic E-state index is -0.779. The minimum Gasteiger partial charge on any atom is -0.366 e. The second-order valence-electron chi connectivity index (χ2n) is 33.4. The van der Waals surface area contributed by atoms with Crippen LogP contribution in [-0.4, -0.2) is 173 Å². The SMILES string of the molecule is CC(C)(C)c1ccc(NC(=O)c2cccnc2)c(N2CCN(c3cnccn3)CC2)c1.Cc1c(F)cc(F)cc1C(=O)Nc1ccc(C(C)C)cc1N1CCN(c2cnccn2)CC1.Cc1c(F)cccc1C(=O)Nc1ccc(C(C)C)cc1N1CCN(c2cnccn2)CC1.Cc1csc(N2CCN(c3cc(C(C)C)ccc3NC(=O)c3cccnc3)CC2)n1. The van der Waals surface area contributed by atoms with E-state index in [0.717, 1.165) is 191 Å². The molecule has 25 nitrogen and oxygen atoms in total. The molecular formula is C97H110F3N21O4S. The number of halogens is 3. The Morgan fingerprint density at radius 1 is 0.365 bits per heavy atom. The van der Waals surface area contributed by atoms with E-state index in [1.807, 2.05) is 43.3 Å². The number of carbonyl (C=O) groups excluding carboxylic acids is 4. The molecule has 654 valence electrons. The summed E-state index contributed by atoms with van der Waals surface area (Å²) in [7, 11) is 0. The van der Waals surface area contributed by atoms with E-state index in [0.29, 0.717) is 45.7 Å². The first-order valence-corrected chi connectivity index (χ1v) is 43.6. The van der Waals surface area contributed by atoms with Gasteiger partial charge >= 0.3 is 0 Å². The standard InChI is InChI=1S/C25H27F2N5O.C25H28FN5O.C24H28N6O.C23H27N5OS/c1-16(2)18-4-5-22(30-25(33)20-13-19(26)14-21(27)17(20)3)23(12-18)31-8-10-32(11-9-31)24-15-28-6-7-29-24;1-17(2)19-7-8-22(29-25(32)20-5-4-6-21(26)18(20)3)23(15-19)30-11-13-31(14-12-30)24-16-27-9-10-28-24;1-24(2,3)19-6-7-20(28-23(31)18-5-4-8-25-16-18)21(15-19)29-11-13-30(14-12-29)22-17-26-9-10-27-22;1-16(2)18-6-7-20(26-22(29)19-5-4-8-24-14-19)21(13-18)27-9-11-28(12-10-27)23-25-17(3)15-30-23/h4-7,12-16H,8-11H2,1-3H3,(H,30,33);4-10,15-17H,11-14H2,1-3H3,(H,29,32);4-10,15-17H,11-14H2,1-3H3,(H,28,31);4-8,13-16H,9-12H2,1-3H3,(H,26,29). The number of nitrogens with zero attached hydrogens (tertiary/aromatic N) is 17. The molecule has 4 amide bonds. The van der Waals surface area contributed by atoms with Crippen LogP contribution in [0, 0.1) is 38.2 Å². The summed E-state index contributed by atoms with van der Waals surface area (Å²) in [6.45, 7) is 37.8. The van der Waals surface area contributed by atoms with Gasteiger partial charge in [0.2, 0.25) is 0 Å². The summed E-state index contributed by atoms with van der Waals surface area (Å²) in [5.74, 6) is 0.669. The summed E-state index contributed by atoms with van der Waals surface area (Å²) in [5, 5.41) is 15.3. The van der Waals surface area contributed by atoms with Gasteiger partial charge in [0.1, 0.15) is 34.9 Å². The van der Waals surface area contributed by atoms with Crippen LogP contribution in [0.2, 0.25) is 0 Å². The number of carbonyl (C=O) groups is 4. The monoisotopic (exact) mass is 1720 g/mol. The fourth-order valence-corrected chi connectivity index (χ4v) is 16.1. The van der Waals surface area contributed by atoms with Crippen molar-refractivity contribution in [2.24, 2.45) is 0 Å². The third kappa shape index (κ3) is 23.1. The fraction of sp³-hybridized carbons (Fsp3) is 0.330. The minimum absolute atomic E-state index is 0.0149. The smallest absolute Gasteiger partial charge is 0.257 e. The van der Waals surface area contributed by atoms with Crippen LogP contribution >= 0.6 is 11.3 Å². The third-order valence-corrected chi connectivity index (χ3v) is 23.8. The lowest BCUT2D eigenvalue weighted by atomic mass is 9.86. The maximum Gasteiger partial charge on any atom is 0.257 e. The number of anilines is 12. The lowest BCUT2D eigenvalue weighted by molar-refractivity contribution is 0.101. The van der Waals surface area contributed by atoms with Gasteiger partial charge < -0.3 is 60.5 Å². The van der Waals surface area contributed by atoms with Gasteiger partial charge in [-0.05, 0) is 168 Å². The highest BCUT2D eigenvalue weighted by atomic mass is 32.1. The van der Waals surface area contributed by atoms with Gasteiger partial charge in [-0.15, -0.1) is 11.3 Å². The van der Waals surface area contributed by atoms with E-state index >= 15 is 0 Å². The van der Waals surface area contributed by atoms with Crippen LogP contribution in [0.25, 0.3) is 0 Å². The molecule has 4 aliphatic heterocycles. The predicted molar refractivity (Wildman–Crippen MR) is 500 cm³/mol. The van der Waals surface area contributed by atoms with Crippen LogP contribution in [0.15, 0.2) is 213 Å². The van der Waals surface area contributed by atoms with Gasteiger partial charge in [0.15, 0.2) is 5.13 Å². The molecule has 0 aliphatic carbocycles. The topological polar surface area (TPSA) is 258 Å². The van der Waals surface area contributed by atoms with Crippen molar-refractivity contribution in [1.82, 2.24) is 44.9 Å². The van der Waals surface area contributed by atoms with Crippen molar-refractivity contribution in [3.8, 4) is 0 Å². The van der Waals surface area contributed by atoms with Gasteiger partial charge in [0.25, 0.3) is 23.6 Å². The van der Waals surface area contributed by atoms with Crippen LogP contribution in [0.3, 0.4) is 0 Å². The zero-order valence-electron chi connectivity index (χ0n) is 73.5. The van der Waals surface area contributed by atoms with Crippen molar-refractivity contribution in [1.29, 1.82) is 0 Å². The molecule has 4 aliphatic rings. The number of amides is 4. The molecule has 0 radical (unpaired) electrons. The first-order chi connectivity index (χ1) is 60.7. The van der Waals surface area contributed by atoms with Gasteiger partial charge in [-0.3, -0.25) is 44.1 Å². The lowest BCUT2D eigenvalue weighted by Crippen LogP contribution is -2.47. The summed E-state index contributed by atoms with van der Waals surface area (Å²) in [6, 6.07) is 38.2. The van der Waals surface area contributed by atoms with Crippen LogP contribution in [0.1, 0.15) is 161 Å². The summed E-state index contributed by atoms with van der Waals surface area (Å²) in [6.07, 6.45) is 22.0. The van der Waals surface area contributed by atoms with Crippen LogP contribution in [0.5, 0.6) is 0 Å². The Hall–Kier alpha value is -13.4. The van der Waals surface area contributed by atoms with Gasteiger partial charge in [0.05, 0.1) is 80.9 Å². The molecule has 4 saturated heterocycles. The molecule has 16 rings (SSSR count). The molecule has 0 unspecified atom stereocenters. The van der Waals surface area contributed by atoms with Crippen molar-refractivity contribution < 1.29 is 32.3 Å². The van der Waals surface area contributed by atoms with Gasteiger partial charge in [-0.2, -0.15) is 0 Å². The van der Waals surface area contributed by atoms with E-state index < -0.39 is 17.5 Å². The number of hydrogen-bond donors (Lipinski definition) is 4. The van der Waals surface area contributed by atoms with Crippen LogP contribution in [0.4, 0.5) is 81.3 Å². The lowest BCUT2D eigenvalue weighted by Gasteiger charge is -2.38. The number of thiazole rings is 1. The molecule has 29 heteroatoms. The maximum absolute atomic E-state index is 14.0. The molecule has 0 bridgehead atoms. The van der Waals surface area contributed by atoms with Gasteiger partial charge in [-0.25, -0.2) is 33.1 Å². The van der Waals surface area contributed by atoms with E-state index in [4.69, 9.17) is 0 Å². The fourth-order valence-electron chi connectivity index (χ4n) is 15.2. The molecular weight excluding hydrogens is 1610 g/mol. The number of hydrogen-bond acceptors (Lipinski definition) is 22. The Kier molecular flexibility index (Phi) is 30.0. The Labute approximate surface area is 739 Å². The van der Waals surface area contributed by atoms with E-state index in [1.54, 1.807) is 135 Å². The van der Waals surface area contributed by atoms with Crippen molar-refractivity contribution in [3.05, 3.63) is 292 Å². The molecule has 0 spiro atoms. The molecule has 6 aromatic heterocycles. The Morgan fingerprint density at radius 3 is 1.08 bits per heavy atom. The number of nitrogens with one attached hydrogen (secondary N) is 4. The summed E-state index contributed by atoms with van der Waals surface area (Å²) >= 11 is 1.70. The molecule has 12 aromatic rings. The van der Waals surface area contributed by atoms with Crippen molar-refractivity contribution in [2.75, 3.05) is 165 Å². The van der Waals surface area contributed by atoms with Crippen molar-refractivity contribution in [3.63, 3.8) is 0 Å². The molecule has 6 aromatic carbocycles. The molecule has 126 heavy (non-hydrogen) atoms. The molecule has 4 N–H and O–H groups in total. The number of aryl methyl sites for hydroxylation is 1. The first-order valence-electron chi connectivity index (χ1n) is 42.7. The largest absolute Gasteiger partial charge is 0.366 e. The summed E-state index contributed by atoms with van der Waals surface area (Å²) in [5.41, 5.74) is 14.8. The number of aromatic nitrogens is 9. The Bertz CT molecular complexity index is 5670. The number of piperazine rings is 4. The van der Waals surface area contributed by atoms with Gasteiger partial charge in [0, 0.05) is 189 Å². The predicted octanol–water partition coefficient (Wildman–Crippen LogP) is 17.7. The van der Waals surface area contributed by atoms with Crippen molar-refractivity contribution in [2.45, 2.75) is 106 Å². The van der Waals surface area contributed by atoms with E-state index in [2.05, 4.69) is 209 Å². The quantitative estimate of drug-likeness (QED) is 0.0586. The van der Waals surface area contributed by atoms with E-state index in [1.165, 1.54) is 29.7 Å². The molecule has 10 heterocycles. The maximum atomic E-state index is 14.0. The number of benzene rings is 6. The zero-order valence-corrected chi connectivity index (χ0v) is 74.3. The van der Waals surface area contributed by atoms with Crippen LogP contribution < -0.4 is 60.5 Å². The van der Waals surface area contributed by atoms with Crippen molar-refractivity contribution >= 4 is 103 Å². The summed E-state index contributed by atoms with van der Waals surface area (Å²) in [4.78, 5) is 108. The highest BCUT2D eigenvalue weighted by Gasteiger charge is 2.30. The Balaban J connectivity index is 0.000000144. The van der Waals surface area contributed by atoms with Crippen LogP contribution in [-0.2, 0) is 5.41 Å². The molecule has 0 atom stereocenters. The average Bonchev–Trinajstić information content (AvgIpc) is 1.18.